The summed E-state index contributed by atoms with van der Waals surface area (Å²) in [5.41, 5.74) is 7.47. The molecule has 0 aliphatic rings. The number of urea groups is 1. The van der Waals surface area contributed by atoms with Crippen molar-refractivity contribution in [1.29, 1.82) is 0 Å². The zero-order chi connectivity index (χ0) is 15.7. The van der Waals surface area contributed by atoms with Gasteiger partial charge in [-0.1, -0.05) is 29.8 Å². The van der Waals surface area contributed by atoms with Gasteiger partial charge in [-0.15, -0.1) is 0 Å². The molecule has 0 radical (unpaired) electrons. The molecule has 0 saturated heterocycles. The molecule has 1 aromatic rings. The number of nitrogens with two attached hydrogens (primary N) is 1. The molecule has 1 rings (SSSR count). The number of carbonyl (C=O) groups excluding carboxylic acids is 2. The van der Waals surface area contributed by atoms with Crippen molar-refractivity contribution in [2.45, 2.75) is 13.8 Å². The third-order valence-electron chi connectivity index (χ3n) is 2.61. The van der Waals surface area contributed by atoms with Crippen LogP contribution in [0, 0.1) is 6.92 Å². The predicted molar refractivity (Wildman–Crippen MR) is 81.5 cm³/mol. The molecule has 6 nitrogen and oxygen atoms in total. The van der Waals surface area contributed by atoms with Gasteiger partial charge >= 0.3 is 12.1 Å². The van der Waals surface area contributed by atoms with Crippen molar-refractivity contribution < 1.29 is 14.3 Å². The summed E-state index contributed by atoms with van der Waals surface area (Å²) in [4.78, 5) is 24.5. The van der Waals surface area contributed by atoms with Crippen LogP contribution in [0.2, 0.25) is 0 Å². The molecule has 0 spiro atoms. The lowest BCUT2D eigenvalue weighted by atomic mass is 10.1. The molecular weight excluding hydrogens is 270 g/mol. The summed E-state index contributed by atoms with van der Waals surface area (Å²) in [5, 5.41) is 2.52. The first-order valence-electron chi connectivity index (χ1n) is 6.76. The molecule has 0 atom stereocenters. The van der Waals surface area contributed by atoms with E-state index in [-0.39, 0.29) is 19.7 Å². The monoisotopic (exact) mass is 291 g/mol. The Bertz CT molecular complexity index is 515. The minimum Gasteiger partial charge on any atom is -0.449 e. The fourth-order valence-corrected chi connectivity index (χ4v) is 1.67. The van der Waals surface area contributed by atoms with Gasteiger partial charge in [-0.3, -0.25) is 0 Å². The predicted octanol–water partition coefficient (Wildman–Crippen LogP) is 2.09. The van der Waals surface area contributed by atoms with E-state index in [2.05, 4.69) is 5.32 Å². The van der Waals surface area contributed by atoms with Crippen LogP contribution in [0.15, 0.2) is 30.5 Å². The highest BCUT2D eigenvalue weighted by Gasteiger charge is 2.20. The normalized spacial score (nSPS) is 10.4. The van der Waals surface area contributed by atoms with Gasteiger partial charge in [0.05, 0.1) is 6.61 Å². The van der Waals surface area contributed by atoms with E-state index in [0.29, 0.717) is 0 Å². The second kappa shape index (κ2) is 8.76. The smallest absolute Gasteiger partial charge is 0.418 e. The van der Waals surface area contributed by atoms with Crippen LogP contribution in [0.1, 0.15) is 18.1 Å². The Morgan fingerprint density at radius 3 is 2.81 bits per heavy atom. The van der Waals surface area contributed by atoms with E-state index in [0.717, 1.165) is 16.0 Å². The number of benzene rings is 1. The van der Waals surface area contributed by atoms with Gasteiger partial charge in [-0.2, -0.15) is 0 Å². The van der Waals surface area contributed by atoms with Gasteiger partial charge < -0.3 is 15.8 Å². The fraction of sp³-hybridized carbons (Fsp3) is 0.333. The number of rotatable bonds is 5. The Morgan fingerprint density at radius 2 is 2.19 bits per heavy atom. The van der Waals surface area contributed by atoms with Gasteiger partial charge in [0, 0.05) is 19.3 Å². The number of hydrogen-bond donors (Lipinski definition) is 2. The van der Waals surface area contributed by atoms with Gasteiger partial charge in [0.15, 0.2) is 0 Å². The lowest BCUT2D eigenvalue weighted by Crippen LogP contribution is -2.44. The summed E-state index contributed by atoms with van der Waals surface area (Å²) in [6, 6.07) is 7.24. The first-order valence-corrected chi connectivity index (χ1v) is 6.76. The zero-order valence-electron chi connectivity index (χ0n) is 12.3. The minimum atomic E-state index is -0.704. The topological polar surface area (TPSA) is 84.7 Å². The summed E-state index contributed by atoms with van der Waals surface area (Å²) >= 11 is 0. The SMILES string of the molecule is CCOC(=O)N(CCN)C(=O)N/C=C/c1cccc(C)c1. The van der Waals surface area contributed by atoms with Crippen molar-refractivity contribution in [3.8, 4) is 0 Å². The number of carbonyl (C=O) groups is 2. The number of aryl methyl sites for hydroxylation is 1. The van der Waals surface area contributed by atoms with Crippen LogP contribution in [0.3, 0.4) is 0 Å². The van der Waals surface area contributed by atoms with E-state index < -0.39 is 12.1 Å². The third-order valence-corrected chi connectivity index (χ3v) is 2.61. The van der Waals surface area contributed by atoms with Crippen LogP contribution >= 0.6 is 0 Å². The molecule has 114 valence electrons. The van der Waals surface area contributed by atoms with Crippen LogP contribution in [-0.2, 0) is 4.74 Å². The quantitative estimate of drug-likeness (QED) is 0.870. The largest absolute Gasteiger partial charge is 0.449 e. The second-order valence-corrected chi connectivity index (χ2v) is 4.34. The van der Waals surface area contributed by atoms with E-state index in [1.165, 1.54) is 6.20 Å². The van der Waals surface area contributed by atoms with Gasteiger partial charge in [0.2, 0.25) is 0 Å². The number of nitrogens with one attached hydrogen (secondary N) is 1. The van der Waals surface area contributed by atoms with Gasteiger partial charge in [-0.05, 0) is 25.5 Å². The average molecular weight is 291 g/mol. The van der Waals surface area contributed by atoms with Crippen LogP contribution < -0.4 is 11.1 Å². The van der Waals surface area contributed by atoms with Crippen LogP contribution in [-0.4, -0.2) is 36.7 Å². The zero-order valence-corrected chi connectivity index (χ0v) is 12.3. The highest BCUT2D eigenvalue weighted by Crippen LogP contribution is 2.05. The van der Waals surface area contributed by atoms with Crippen LogP contribution in [0.4, 0.5) is 9.59 Å². The maximum absolute atomic E-state index is 11.9. The molecule has 0 aromatic heterocycles. The van der Waals surface area contributed by atoms with E-state index in [4.69, 9.17) is 10.5 Å². The molecule has 0 aliphatic carbocycles. The lowest BCUT2D eigenvalue weighted by molar-refractivity contribution is 0.116. The van der Waals surface area contributed by atoms with E-state index in [9.17, 15) is 9.59 Å². The van der Waals surface area contributed by atoms with Gasteiger partial charge in [0.1, 0.15) is 0 Å². The first kappa shape index (κ1) is 16.7. The molecule has 0 heterocycles. The Hall–Kier alpha value is -2.34. The molecule has 0 bridgehead atoms. The fourth-order valence-electron chi connectivity index (χ4n) is 1.67. The highest BCUT2D eigenvalue weighted by atomic mass is 16.6. The molecule has 3 N–H and O–H groups in total. The lowest BCUT2D eigenvalue weighted by Gasteiger charge is -2.18. The molecule has 0 fully saturated rings. The Balaban J connectivity index is 2.62. The van der Waals surface area contributed by atoms with E-state index in [1.54, 1.807) is 13.0 Å². The van der Waals surface area contributed by atoms with E-state index >= 15 is 0 Å². The molecular formula is C15H21N3O3. The molecule has 3 amide bonds. The van der Waals surface area contributed by atoms with Crippen molar-refractivity contribution in [2.24, 2.45) is 5.73 Å². The minimum absolute atomic E-state index is 0.100. The molecule has 0 saturated carbocycles. The summed E-state index contributed by atoms with van der Waals surface area (Å²) in [6.07, 6.45) is 2.53. The Labute approximate surface area is 124 Å². The molecule has 21 heavy (non-hydrogen) atoms. The summed E-state index contributed by atoms with van der Waals surface area (Å²) in [6.45, 7) is 4.14. The van der Waals surface area contributed by atoms with Crippen molar-refractivity contribution in [3.63, 3.8) is 0 Å². The number of imide groups is 1. The average Bonchev–Trinajstić information content (AvgIpc) is 2.45. The van der Waals surface area contributed by atoms with Gasteiger partial charge in [0.25, 0.3) is 0 Å². The summed E-state index contributed by atoms with van der Waals surface area (Å²) < 4.78 is 4.80. The molecule has 1 aromatic carbocycles. The number of nitrogens with zero attached hydrogens (tertiary/aromatic N) is 1. The van der Waals surface area contributed by atoms with Crippen molar-refractivity contribution in [2.75, 3.05) is 19.7 Å². The van der Waals surface area contributed by atoms with Crippen LogP contribution in [0.5, 0.6) is 0 Å². The number of hydrogen-bond acceptors (Lipinski definition) is 4. The summed E-state index contributed by atoms with van der Waals surface area (Å²) in [5.74, 6) is 0. The van der Waals surface area contributed by atoms with Crippen LogP contribution in [0.25, 0.3) is 6.08 Å². The second-order valence-electron chi connectivity index (χ2n) is 4.34. The third kappa shape index (κ3) is 5.66. The Morgan fingerprint density at radius 1 is 1.43 bits per heavy atom. The maximum atomic E-state index is 11.9. The van der Waals surface area contributed by atoms with Crippen molar-refractivity contribution >= 4 is 18.2 Å². The van der Waals surface area contributed by atoms with Gasteiger partial charge in [-0.25, -0.2) is 14.5 Å². The van der Waals surface area contributed by atoms with E-state index in [1.807, 2.05) is 31.2 Å². The number of ether oxygens (including phenoxy) is 1. The highest BCUT2D eigenvalue weighted by molar-refractivity contribution is 5.91. The number of amides is 3. The summed E-state index contributed by atoms with van der Waals surface area (Å²) in [7, 11) is 0. The van der Waals surface area contributed by atoms with Crippen molar-refractivity contribution in [3.05, 3.63) is 41.6 Å². The molecule has 0 aliphatic heterocycles. The molecule has 0 unspecified atom stereocenters. The standard InChI is InChI=1S/C15H21N3O3/c1-3-21-15(20)18(10-8-16)14(19)17-9-7-13-6-4-5-12(2)11-13/h4-7,9,11H,3,8,10,16H2,1-2H3,(H,17,19)/b9-7+. The Kier molecular flexibility index (Phi) is 6.97. The maximum Gasteiger partial charge on any atom is 0.418 e. The first-order chi connectivity index (χ1) is 10.1. The molecule has 6 heteroatoms. The van der Waals surface area contributed by atoms with Crippen molar-refractivity contribution in [1.82, 2.24) is 10.2 Å².